The van der Waals surface area contributed by atoms with Crippen molar-refractivity contribution in [2.45, 2.75) is 38.6 Å². The van der Waals surface area contributed by atoms with E-state index in [9.17, 15) is 0 Å². The van der Waals surface area contributed by atoms with Gasteiger partial charge in [0.2, 0.25) is 0 Å². The van der Waals surface area contributed by atoms with Gasteiger partial charge in [-0.05, 0) is 72.1 Å². The normalized spacial score (nSPS) is 15.0. The van der Waals surface area contributed by atoms with Crippen LogP contribution in [0.25, 0.3) is 0 Å². The van der Waals surface area contributed by atoms with Gasteiger partial charge in [0.25, 0.3) is 0 Å². The van der Waals surface area contributed by atoms with Gasteiger partial charge >= 0.3 is 0 Å². The molecule has 0 amide bonds. The topological polar surface area (TPSA) is 12.4 Å². The van der Waals surface area contributed by atoms with Crippen LogP contribution >= 0.6 is 0 Å². The zero-order valence-corrected chi connectivity index (χ0v) is 15.4. The van der Waals surface area contributed by atoms with E-state index in [1.165, 1.54) is 33.4 Å². The average molecular weight is 339 g/mol. The summed E-state index contributed by atoms with van der Waals surface area (Å²) in [7, 11) is 0. The molecule has 4 aliphatic rings. The Balaban J connectivity index is 1.61. The lowest BCUT2D eigenvalue weighted by Gasteiger charge is -2.13. The first-order valence-electron chi connectivity index (χ1n) is 9.56. The van der Waals surface area contributed by atoms with Crippen molar-refractivity contribution in [3.63, 3.8) is 0 Å². The molecule has 0 saturated heterocycles. The SMILES string of the molecule is CC(N=Cc1cc2ccc1CCc1ccc(cc1)CC2)c1ccccc1. The number of hydrogen-bond acceptors (Lipinski definition) is 1. The van der Waals surface area contributed by atoms with Gasteiger partial charge in [0.05, 0.1) is 6.04 Å². The predicted octanol–water partition coefficient (Wildman–Crippen LogP) is 5.75. The highest BCUT2D eigenvalue weighted by Crippen LogP contribution is 2.20. The highest BCUT2D eigenvalue weighted by atomic mass is 14.8. The molecule has 1 heteroatoms. The summed E-state index contributed by atoms with van der Waals surface area (Å²) in [6.07, 6.45) is 6.39. The molecule has 7 rings (SSSR count). The van der Waals surface area contributed by atoms with Crippen LogP contribution in [0.15, 0.2) is 77.8 Å². The summed E-state index contributed by atoms with van der Waals surface area (Å²) in [5.41, 5.74) is 8.16. The molecule has 0 radical (unpaired) electrons. The second kappa shape index (κ2) is 7.70. The summed E-state index contributed by atoms with van der Waals surface area (Å²) in [5.74, 6) is 0. The van der Waals surface area contributed by atoms with E-state index in [2.05, 4.69) is 85.9 Å². The second-order valence-electron chi connectivity index (χ2n) is 7.21. The van der Waals surface area contributed by atoms with E-state index in [1.807, 2.05) is 0 Å². The first-order chi connectivity index (χ1) is 12.8. The molecule has 1 unspecified atom stereocenters. The van der Waals surface area contributed by atoms with Crippen LogP contribution in [0.3, 0.4) is 0 Å². The van der Waals surface area contributed by atoms with E-state index in [0.717, 1.165) is 25.7 Å². The molecule has 1 atom stereocenters. The summed E-state index contributed by atoms with van der Waals surface area (Å²) in [4.78, 5) is 4.85. The van der Waals surface area contributed by atoms with Gasteiger partial charge < -0.3 is 0 Å². The third-order valence-electron chi connectivity index (χ3n) is 5.34. The number of benzene rings is 3. The van der Waals surface area contributed by atoms with Crippen LogP contribution in [0, 0.1) is 0 Å². The molecule has 4 aliphatic carbocycles. The second-order valence-corrected chi connectivity index (χ2v) is 7.21. The van der Waals surface area contributed by atoms with Crippen LogP contribution < -0.4 is 0 Å². The fourth-order valence-electron chi connectivity index (χ4n) is 3.60. The Morgan fingerprint density at radius 1 is 0.731 bits per heavy atom. The molecular formula is C25H25N. The Hall–Kier alpha value is -2.67. The van der Waals surface area contributed by atoms with Gasteiger partial charge in [-0.1, -0.05) is 66.7 Å². The van der Waals surface area contributed by atoms with Gasteiger partial charge in [0, 0.05) is 6.21 Å². The van der Waals surface area contributed by atoms with Crippen molar-refractivity contribution in [2.24, 2.45) is 4.99 Å². The first kappa shape index (κ1) is 16.8. The number of rotatable bonds is 3. The highest BCUT2D eigenvalue weighted by molar-refractivity contribution is 5.82. The average Bonchev–Trinajstić information content (AvgIpc) is 2.69. The van der Waals surface area contributed by atoms with Crippen LogP contribution in [0.5, 0.6) is 0 Å². The van der Waals surface area contributed by atoms with Crippen molar-refractivity contribution in [1.82, 2.24) is 0 Å². The van der Waals surface area contributed by atoms with Crippen LogP contribution in [0.1, 0.15) is 46.3 Å². The maximum atomic E-state index is 4.85. The van der Waals surface area contributed by atoms with Crippen molar-refractivity contribution in [2.75, 3.05) is 0 Å². The molecule has 0 saturated carbocycles. The van der Waals surface area contributed by atoms with Gasteiger partial charge in [0.1, 0.15) is 0 Å². The van der Waals surface area contributed by atoms with E-state index in [4.69, 9.17) is 4.99 Å². The summed E-state index contributed by atoms with van der Waals surface area (Å²) in [6, 6.07) is 26.8. The van der Waals surface area contributed by atoms with E-state index in [0.29, 0.717) is 0 Å². The van der Waals surface area contributed by atoms with Crippen LogP contribution in [-0.2, 0) is 25.7 Å². The molecule has 3 aromatic carbocycles. The summed E-state index contributed by atoms with van der Waals surface area (Å²) >= 11 is 0. The van der Waals surface area contributed by atoms with Gasteiger partial charge in [0.15, 0.2) is 0 Å². The third kappa shape index (κ3) is 3.94. The first-order valence-corrected chi connectivity index (χ1v) is 9.56. The maximum absolute atomic E-state index is 4.85. The molecule has 0 spiro atoms. The van der Waals surface area contributed by atoms with Gasteiger partial charge in [-0.3, -0.25) is 4.99 Å². The molecule has 130 valence electrons. The monoisotopic (exact) mass is 339 g/mol. The van der Waals surface area contributed by atoms with E-state index < -0.39 is 0 Å². The van der Waals surface area contributed by atoms with E-state index in [1.54, 1.807) is 0 Å². The lowest BCUT2D eigenvalue weighted by molar-refractivity contribution is 0.824. The number of nitrogens with zero attached hydrogens (tertiary/aromatic N) is 1. The quantitative estimate of drug-likeness (QED) is 0.539. The predicted molar refractivity (Wildman–Crippen MR) is 110 cm³/mol. The molecule has 0 aliphatic heterocycles. The molecule has 26 heavy (non-hydrogen) atoms. The molecule has 1 nitrogen and oxygen atoms in total. The van der Waals surface area contributed by atoms with Crippen molar-refractivity contribution < 1.29 is 0 Å². The highest BCUT2D eigenvalue weighted by Gasteiger charge is 2.08. The van der Waals surface area contributed by atoms with Gasteiger partial charge in [-0.2, -0.15) is 0 Å². The van der Waals surface area contributed by atoms with E-state index >= 15 is 0 Å². The largest absolute Gasteiger partial charge is 0.285 e. The molecule has 0 heterocycles. The molecule has 0 fully saturated rings. The van der Waals surface area contributed by atoms with Crippen LogP contribution in [0.2, 0.25) is 0 Å². The summed E-state index contributed by atoms with van der Waals surface area (Å²) in [6.45, 7) is 2.16. The van der Waals surface area contributed by atoms with Crippen LogP contribution in [-0.4, -0.2) is 6.21 Å². The summed E-state index contributed by atoms with van der Waals surface area (Å²) in [5, 5.41) is 0. The Kier molecular flexibility index (Phi) is 4.97. The molecule has 0 aromatic heterocycles. The molecule has 3 aromatic rings. The Morgan fingerprint density at radius 3 is 2.08 bits per heavy atom. The fraction of sp³-hybridized carbons (Fsp3) is 0.240. The van der Waals surface area contributed by atoms with Gasteiger partial charge in [-0.15, -0.1) is 0 Å². The Morgan fingerprint density at radius 2 is 1.35 bits per heavy atom. The Bertz CT molecular complexity index is 891. The number of hydrogen-bond donors (Lipinski definition) is 0. The lowest BCUT2D eigenvalue weighted by atomic mass is 9.93. The zero-order valence-electron chi connectivity index (χ0n) is 15.4. The standard InChI is InChI=1S/C25H25N/c1-19(23-5-3-2-4-6-23)26-18-25-17-22-12-11-20-7-9-21(10-8-20)13-15-24(25)16-14-22/h2-10,14,16-19H,11-13,15H2,1H3. The van der Waals surface area contributed by atoms with Crippen molar-refractivity contribution in [3.05, 3.63) is 106 Å². The minimum atomic E-state index is 0.179. The zero-order chi connectivity index (χ0) is 17.8. The Labute approximate surface area is 156 Å². The third-order valence-corrected chi connectivity index (χ3v) is 5.34. The van der Waals surface area contributed by atoms with Crippen molar-refractivity contribution in [3.8, 4) is 0 Å². The van der Waals surface area contributed by atoms with E-state index in [-0.39, 0.29) is 6.04 Å². The summed E-state index contributed by atoms with van der Waals surface area (Å²) < 4.78 is 0. The molecule has 4 bridgehead atoms. The van der Waals surface area contributed by atoms with Gasteiger partial charge in [-0.25, -0.2) is 0 Å². The van der Waals surface area contributed by atoms with Crippen molar-refractivity contribution in [1.29, 1.82) is 0 Å². The fourth-order valence-corrected chi connectivity index (χ4v) is 3.60. The number of aryl methyl sites for hydroxylation is 4. The minimum absolute atomic E-state index is 0.179. The lowest BCUT2D eigenvalue weighted by Crippen LogP contribution is -2.02. The van der Waals surface area contributed by atoms with Crippen molar-refractivity contribution >= 4 is 6.21 Å². The maximum Gasteiger partial charge on any atom is 0.0721 e. The minimum Gasteiger partial charge on any atom is -0.285 e. The number of aliphatic imine (C=N–C) groups is 1. The molecule has 0 N–H and O–H groups in total. The van der Waals surface area contributed by atoms with Crippen LogP contribution in [0.4, 0.5) is 0 Å². The molecular weight excluding hydrogens is 314 g/mol. The smallest absolute Gasteiger partial charge is 0.0721 e.